The second-order valence-corrected chi connectivity index (χ2v) is 5.47. The standard InChI is InChI=1S/C17H17FN2O2/c18-14-6-2-1-4-11(14)8-9-19-16(21)13-10-12-5-3-7-15(12)20-17(13)22/h1-2,4,6,10H,3,5,7-9H2,(H,19,21)(H,20,22). The molecule has 0 saturated heterocycles. The van der Waals surface area contributed by atoms with Gasteiger partial charge in [0.25, 0.3) is 11.5 Å². The molecule has 114 valence electrons. The fourth-order valence-corrected chi connectivity index (χ4v) is 2.79. The molecule has 1 aromatic carbocycles. The number of aromatic nitrogens is 1. The van der Waals surface area contributed by atoms with Gasteiger partial charge in [-0.25, -0.2) is 4.39 Å². The topological polar surface area (TPSA) is 62.0 Å². The number of aromatic amines is 1. The predicted octanol–water partition coefficient (Wildman–Crippen LogP) is 1.98. The lowest BCUT2D eigenvalue weighted by molar-refractivity contribution is 0.0952. The van der Waals surface area contributed by atoms with Crippen LogP contribution in [0.3, 0.4) is 0 Å². The average molecular weight is 300 g/mol. The molecule has 0 atom stereocenters. The van der Waals surface area contributed by atoms with E-state index in [1.165, 1.54) is 6.07 Å². The molecule has 2 N–H and O–H groups in total. The number of rotatable bonds is 4. The van der Waals surface area contributed by atoms with E-state index in [1.807, 2.05) is 0 Å². The van der Waals surface area contributed by atoms with E-state index in [0.717, 1.165) is 30.5 Å². The quantitative estimate of drug-likeness (QED) is 0.907. The highest BCUT2D eigenvalue weighted by Crippen LogP contribution is 2.18. The Balaban J connectivity index is 1.66. The molecule has 2 aromatic rings. The molecular weight excluding hydrogens is 283 g/mol. The van der Waals surface area contributed by atoms with Crippen LogP contribution < -0.4 is 10.9 Å². The minimum atomic E-state index is -0.410. The van der Waals surface area contributed by atoms with Crippen molar-refractivity contribution in [3.05, 3.63) is 68.9 Å². The number of amides is 1. The van der Waals surface area contributed by atoms with Crippen molar-refractivity contribution in [1.82, 2.24) is 10.3 Å². The van der Waals surface area contributed by atoms with E-state index in [2.05, 4.69) is 10.3 Å². The molecule has 22 heavy (non-hydrogen) atoms. The molecule has 1 amide bonds. The fourth-order valence-electron chi connectivity index (χ4n) is 2.79. The summed E-state index contributed by atoms with van der Waals surface area (Å²) in [6.45, 7) is 0.288. The molecule has 0 spiro atoms. The van der Waals surface area contributed by atoms with E-state index in [4.69, 9.17) is 0 Å². The van der Waals surface area contributed by atoms with Crippen LogP contribution in [0.5, 0.6) is 0 Å². The smallest absolute Gasteiger partial charge is 0.261 e. The number of hydrogen-bond acceptors (Lipinski definition) is 2. The first-order valence-electron chi connectivity index (χ1n) is 7.42. The Morgan fingerprint density at radius 2 is 2.09 bits per heavy atom. The van der Waals surface area contributed by atoms with Crippen molar-refractivity contribution in [1.29, 1.82) is 0 Å². The van der Waals surface area contributed by atoms with Gasteiger partial charge in [0, 0.05) is 12.2 Å². The normalized spacial score (nSPS) is 13.0. The fraction of sp³-hybridized carbons (Fsp3) is 0.294. The molecule has 3 rings (SSSR count). The van der Waals surface area contributed by atoms with Gasteiger partial charge in [0.2, 0.25) is 0 Å². The van der Waals surface area contributed by atoms with Gasteiger partial charge >= 0.3 is 0 Å². The van der Waals surface area contributed by atoms with E-state index in [-0.39, 0.29) is 23.5 Å². The van der Waals surface area contributed by atoms with Crippen LogP contribution >= 0.6 is 0 Å². The van der Waals surface area contributed by atoms with E-state index in [0.29, 0.717) is 12.0 Å². The lowest BCUT2D eigenvalue weighted by Gasteiger charge is -2.07. The summed E-state index contributed by atoms with van der Waals surface area (Å²) in [5.74, 6) is -0.695. The molecule has 1 heterocycles. The molecule has 0 bridgehead atoms. The highest BCUT2D eigenvalue weighted by Gasteiger charge is 2.17. The number of nitrogens with one attached hydrogen (secondary N) is 2. The second kappa shape index (κ2) is 6.13. The van der Waals surface area contributed by atoms with Crippen molar-refractivity contribution >= 4 is 5.91 Å². The number of fused-ring (bicyclic) bond motifs is 1. The molecule has 1 aliphatic carbocycles. The number of halogens is 1. The molecule has 0 unspecified atom stereocenters. The molecule has 0 aliphatic heterocycles. The SMILES string of the molecule is O=C(NCCc1ccccc1F)c1cc2c([nH]c1=O)CCC2. The third kappa shape index (κ3) is 2.93. The summed E-state index contributed by atoms with van der Waals surface area (Å²) >= 11 is 0. The largest absolute Gasteiger partial charge is 0.352 e. The van der Waals surface area contributed by atoms with Crippen LogP contribution in [0, 0.1) is 5.82 Å². The van der Waals surface area contributed by atoms with Gasteiger partial charge in [0.05, 0.1) is 0 Å². The molecule has 0 radical (unpaired) electrons. The number of hydrogen-bond donors (Lipinski definition) is 2. The molecule has 5 heteroatoms. The number of aryl methyl sites for hydroxylation is 2. The molecule has 4 nitrogen and oxygen atoms in total. The van der Waals surface area contributed by atoms with Gasteiger partial charge in [-0.1, -0.05) is 18.2 Å². The summed E-state index contributed by atoms with van der Waals surface area (Å²) in [6, 6.07) is 8.14. The Bertz CT molecular complexity index is 767. The maximum Gasteiger partial charge on any atom is 0.261 e. The summed E-state index contributed by atoms with van der Waals surface area (Å²) in [4.78, 5) is 26.8. The lowest BCUT2D eigenvalue weighted by Crippen LogP contribution is -2.31. The van der Waals surface area contributed by atoms with Crippen molar-refractivity contribution in [3.8, 4) is 0 Å². The first kappa shape index (κ1) is 14.5. The first-order valence-corrected chi connectivity index (χ1v) is 7.42. The van der Waals surface area contributed by atoms with Crippen LogP contribution in [0.1, 0.15) is 33.6 Å². The van der Waals surface area contributed by atoms with Gasteiger partial charge in [0.15, 0.2) is 0 Å². The van der Waals surface area contributed by atoms with Crippen LogP contribution in [-0.2, 0) is 19.3 Å². The zero-order valence-corrected chi connectivity index (χ0v) is 12.1. The number of benzene rings is 1. The summed E-state index contributed by atoms with van der Waals surface area (Å²) in [6.07, 6.45) is 3.15. The third-order valence-electron chi connectivity index (χ3n) is 3.97. The second-order valence-electron chi connectivity index (χ2n) is 5.47. The van der Waals surface area contributed by atoms with Crippen LogP contribution in [0.2, 0.25) is 0 Å². The molecule has 1 aromatic heterocycles. The Morgan fingerprint density at radius 1 is 1.27 bits per heavy atom. The van der Waals surface area contributed by atoms with Gasteiger partial charge in [-0.3, -0.25) is 9.59 Å². The maximum absolute atomic E-state index is 13.5. The predicted molar refractivity (Wildman–Crippen MR) is 81.5 cm³/mol. The van der Waals surface area contributed by atoms with Crippen LogP contribution in [0.25, 0.3) is 0 Å². The Morgan fingerprint density at radius 3 is 2.91 bits per heavy atom. The lowest BCUT2D eigenvalue weighted by atomic mass is 10.1. The van der Waals surface area contributed by atoms with Crippen LogP contribution in [-0.4, -0.2) is 17.4 Å². The van der Waals surface area contributed by atoms with E-state index >= 15 is 0 Å². The molecular formula is C17H17FN2O2. The van der Waals surface area contributed by atoms with Crippen LogP contribution in [0.15, 0.2) is 35.1 Å². The molecule has 1 aliphatic rings. The third-order valence-corrected chi connectivity index (χ3v) is 3.97. The zero-order chi connectivity index (χ0) is 15.5. The van der Waals surface area contributed by atoms with Crippen molar-refractivity contribution in [2.45, 2.75) is 25.7 Å². The van der Waals surface area contributed by atoms with Crippen molar-refractivity contribution < 1.29 is 9.18 Å². The Hall–Kier alpha value is -2.43. The number of H-pyrrole nitrogens is 1. The highest BCUT2D eigenvalue weighted by molar-refractivity contribution is 5.94. The summed E-state index contributed by atoms with van der Waals surface area (Å²) in [5.41, 5.74) is 2.30. The van der Waals surface area contributed by atoms with E-state index in [9.17, 15) is 14.0 Å². The van der Waals surface area contributed by atoms with Gasteiger partial charge in [-0.05, 0) is 48.9 Å². The average Bonchev–Trinajstić information content (AvgIpc) is 2.95. The number of carbonyl (C=O) groups excluding carboxylic acids is 1. The summed E-state index contributed by atoms with van der Waals surface area (Å²) < 4.78 is 13.5. The van der Waals surface area contributed by atoms with Gasteiger partial charge in [-0.15, -0.1) is 0 Å². The van der Waals surface area contributed by atoms with Gasteiger partial charge < -0.3 is 10.3 Å². The van der Waals surface area contributed by atoms with Crippen LogP contribution in [0.4, 0.5) is 4.39 Å². The number of pyridine rings is 1. The summed E-state index contributed by atoms with van der Waals surface area (Å²) in [7, 11) is 0. The Labute approximate surface area is 127 Å². The zero-order valence-electron chi connectivity index (χ0n) is 12.1. The minimum Gasteiger partial charge on any atom is -0.352 e. The van der Waals surface area contributed by atoms with E-state index in [1.54, 1.807) is 24.3 Å². The van der Waals surface area contributed by atoms with E-state index < -0.39 is 5.91 Å². The molecule has 0 saturated carbocycles. The van der Waals surface area contributed by atoms with Gasteiger partial charge in [-0.2, -0.15) is 0 Å². The highest BCUT2D eigenvalue weighted by atomic mass is 19.1. The monoisotopic (exact) mass is 300 g/mol. The maximum atomic E-state index is 13.5. The van der Waals surface area contributed by atoms with Gasteiger partial charge in [0.1, 0.15) is 11.4 Å². The van der Waals surface area contributed by atoms with Crippen molar-refractivity contribution in [3.63, 3.8) is 0 Å². The minimum absolute atomic E-state index is 0.134. The summed E-state index contributed by atoms with van der Waals surface area (Å²) in [5, 5.41) is 2.68. The number of carbonyl (C=O) groups is 1. The Kier molecular flexibility index (Phi) is 4.04. The molecule has 0 fully saturated rings. The van der Waals surface area contributed by atoms with Crippen molar-refractivity contribution in [2.24, 2.45) is 0 Å². The first-order chi connectivity index (χ1) is 10.6. The van der Waals surface area contributed by atoms with Crippen molar-refractivity contribution in [2.75, 3.05) is 6.54 Å².